The quantitative estimate of drug-likeness (QED) is 0.661. The molecule has 1 rings (SSSR count). The van der Waals surface area contributed by atoms with Gasteiger partial charge in [0.15, 0.2) is 6.54 Å². The Bertz CT molecular complexity index is 339. The zero-order valence-corrected chi connectivity index (χ0v) is 9.69. The average Bonchev–Trinajstić information content (AvgIpc) is 2.45. The van der Waals surface area contributed by atoms with Crippen molar-refractivity contribution < 1.29 is 9.28 Å². The van der Waals surface area contributed by atoms with Crippen molar-refractivity contribution in [1.29, 1.82) is 0 Å². The third-order valence-electron chi connectivity index (χ3n) is 1.73. The van der Waals surface area contributed by atoms with E-state index in [9.17, 15) is 4.79 Å². The Morgan fingerprint density at radius 2 is 2.20 bits per heavy atom. The molecule has 1 aromatic rings. The summed E-state index contributed by atoms with van der Waals surface area (Å²) in [6.45, 7) is 0.896. The molecule has 0 aromatic carbocycles. The van der Waals surface area contributed by atoms with Crippen molar-refractivity contribution in [2.75, 3.05) is 27.7 Å². The first-order valence-electron chi connectivity index (χ1n) is 4.79. The van der Waals surface area contributed by atoms with E-state index in [0.29, 0.717) is 17.6 Å². The number of hydrogen-bond donors (Lipinski definition) is 1. The predicted octanol–water partition coefficient (Wildman–Crippen LogP) is -0.862. The Hall–Kier alpha value is -1.43. The van der Waals surface area contributed by atoms with Crippen molar-refractivity contribution in [2.45, 2.75) is 6.54 Å². The maximum atomic E-state index is 11.5. The highest BCUT2D eigenvalue weighted by atomic mass is 16.2. The van der Waals surface area contributed by atoms with Crippen LogP contribution in [-0.4, -0.2) is 53.1 Å². The molecule has 0 spiro atoms. The third-order valence-corrected chi connectivity index (χ3v) is 1.73. The fourth-order valence-electron chi connectivity index (χ4n) is 1.15. The van der Waals surface area contributed by atoms with Gasteiger partial charge in [-0.15, -0.1) is 5.10 Å². The molecule has 84 valence electrons. The van der Waals surface area contributed by atoms with E-state index in [4.69, 9.17) is 0 Å². The van der Waals surface area contributed by atoms with E-state index in [1.807, 2.05) is 21.1 Å². The molecule has 1 N–H and O–H groups in total. The van der Waals surface area contributed by atoms with Gasteiger partial charge in [0.05, 0.1) is 27.7 Å². The van der Waals surface area contributed by atoms with Crippen molar-refractivity contribution in [3.63, 3.8) is 0 Å². The minimum atomic E-state index is 0.0214. The van der Waals surface area contributed by atoms with E-state index in [1.54, 1.807) is 17.9 Å². The Labute approximate surface area is 89.5 Å². The molecule has 1 aromatic heterocycles. The molecule has 6 nitrogen and oxygen atoms in total. The molecule has 0 atom stereocenters. The highest BCUT2D eigenvalue weighted by molar-refractivity contribution is 5.76. The van der Waals surface area contributed by atoms with Gasteiger partial charge in [0.1, 0.15) is 5.69 Å². The summed E-state index contributed by atoms with van der Waals surface area (Å²) in [6.07, 6.45) is 1.78. The van der Waals surface area contributed by atoms with Crippen LogP contribution in [0.5, 0.6) is 0 Å². The number of carbonyl (C=O) groups is 1. The SMILES string of the molecule is Cn1cc(CNC(=O)C[N+](C)(C)C)nn1. The summed E-state index contributed by atoms with van der Waals surface area (Å²) >= 11 is 0. The van der Waals surface area contributed by atoms with Crippen molar-refractivity contribution in [3.8, 4) is 0 Å². The van der Waals surface area contributed by atoms with Crippen LogP contribution >= 0.6 is 0 Å². The Balaban J connectivity index is 2.35. The number of nitrogens with zero attached hydrogens (tertiary/aromatic N) is 4. The number of amides is 1. The minimum Gasteiger partial charge on any atom is -0.345 e. The van der Waals surface area contributed by atoms with Gasteiger partial charge in [0.25, 0.3) is 5.91 Å². The zero-order valence-electron chi connectivity index (χ0n) is 9.69. The van der Waals surface area contributed by atoms with Crippen LogP contribution in [0.1, 0.15) is 5.69 Å². The molecule has 1 amide bonds. The van der Waals surface area contributed by atoms with E-state index in [1.165, 1.54) is 0 Å². The second kappa shape index (κ2) is 4.39. The highest BCUT2D eigenvalue weighted by Crippen LogP contribution is 1.92. The number of hydrogen-bond acceptors (Lipinski definition) is 3. The van der Waals surface area contributed by atoms with E-state index in [0.717, 1.165) is 5.69 Å². The summed E-state index contributed by atoms with van der Waals surface area (Å²) in [5.41, 5.74) is 0.771. The number of rotatable bonds is 4. The molecule has 0 radical (unpaired) electrons. The van der Waals surface area contributed by atoms with Crippen LogP contribution < -0.4 is 5.32 Å². The van der Waals surface area contributed by atoms with Gasteiger partial charge in [-0.25, -0.2) is 0 Å². The van der Waals surface area contributed by atoms with Crippen LogP contribution in [0.4, 0.5) is 0 Å². The Morgan fingerprint density at radius 1 is 1.53 bits per heavy atom. The summed E-state index contributed by atoms with van der Waals surface area (Å²) in [5.74, 6) is 0.0214. The Kier molecular flexibility index (Phi) is 3.41. The molecule has 15 heavy (non-hydrogen) atoms. The molecular weight excluding hydrogens is 194 g/mol. The minimum absolute atomic E-state index is 0.0214. The van der Waals surface area contributed by atoms with Gasteiger partial charge >= 0.3 is 0 Å². The second-order valence-electron chi connectivity index (χ2n) is 4.61. The van der Waals surface area contributed by atoms with E-state index in [2.05, 4.69) is 15.6 Å². The summed E-state index contributed by atoms with van der Waals surface area (Å²) in [4.78, 5) is 11.5. The first-order valence-corrected chi connectivity index (χ1v) is 4.79. The number of carbonyl (C=O) groups excluding carboxylic acids is 1. The Morgan fingerprint density at radius 3 is 2.67 bits per heavy atom. The number of aromatic nitrogens is 3. The van der Waals surface area contributed by atoms with Crippen molar-refractivity contribution in [3.05, 3.63) is 11.9 Å². The van der Waals surface area contributed by atoms with Crippen LogP contribution in [0.2, 0.25) is 0 Å². The summed E-state index contributed by atoms with van der Waals surface area (Å²) in [5, 5.41) is 10.5. The molecule has 0 saturated heterocycles. The number of nitrogens with one attached hydrogen (secondary N) is 1. The molecule has 0 aliphatic carbocycles. The highest BCUT2D eigenvalue weighted by Gasteiger charge is 2.13. The standard InChI is InChI=1S/C9H17N5O/c1-13-6-8(11-12-13)5-10-9(15)7-14(2,3)4/h6H,5,7H2,1-4H3/p+1. The lowest BCUT2D eigenvalue weighted by Crippen LogP contribution is -2.44. The monoisotopic (exact) mass is 212 g/mol. The van der Waals surface area contributed by atoms with Crippen LogP contribution in [0, 0.1) is 0 Å². The van der Waals surface area contributed by atoms with Gasteiger partial charge in [-0.05, 0) is 0 Å². The summed E-state index contributed by atoms with van der Waals surface area (Å²) < 4.78 is 2.23. The normalized spacial score (nSPS) is 11.5. The van der Waals surface area contributed by atoms with E-state index in [-0.39, 0.29) is 5.91 Å². The maximum Gasteiger partial charge on any atom is 0.275 e. The van der Waals surface area contributed by atoms with Gasteiger partial charge in [-0.2, -0.15) is 0 Å². The molecule has 0 aliphatic heterocycles. The molecule has 1 heterocycles. The molecular formula is C9H18N5O+. The lowest BCUT2D eigenvalue weighted by Gasteiger charge is -2.22. The molecule has 0 unspecified atom stereocenters. The molecule has 0 bridgehead atoms. The fourth-order valence-corrected chi connectivity index (χ4v) is 1.15. The largest absolute Gasteiger partial charge is 0.345 e. The van der Waals surface area contributed by atoms with Gasteiger partial charge in [-0.1, -0.05) is 5.21 Å². The smallest absolute Gasteiger partial charge is 0.275 e. The van der Waals surface area contributed by atoms with Gasteiger partial charge < -0.3 is 9.80 Å². The summed E-state index contributed by atoms with van der Waals surface area (Å²) in [6, 6.07) is 0. The first-order chi connectivity index (χ1) is 6.87. The van der Waals surface area contributed by atoms with E-state index < -0.39 is 0 Å². The molecule has 0 fully saturated rings. The van der Waals surface area contributed by atoms with Gasteiger partial charge in [-0.3, -0.25) is 9.48 Å². The van der Waals surface area contributed by atoms with Crippen LogP contribution in [0.25, 0.3) is 0 Å². The fraction of sp³-hybridized carbons (Fsp3) is 0.667. The predicted molar refractivity (Wildman–Crippen MR) is 55.7 cm³/mol. The number of quaternary nitrogens is 1. The van der Waals surface area contributed by atoms with Crippen LogP contribution in [-0.2, 0) is 18.4 Å². The maximum absolute atomic E-state index is 11.5. The third kappa shape index (κ3) is 4.55. The number of aryl methyl sites for hydroxylation is 1. The van der Waals surface area contributed by atoms with Gasteiger partial charge in [0.2, 0.25) is 0 Å². The van der Waals surface area contributed by atoms with Crippen molar-refractivity contribution in [2.24, 2.45) is 7.05 Å². The second-order valence-corrected chi connectivity index (χ2v) is 4.61. The van der Waals surface area contributed by atoms with Crippen LogP contribution in [0.15, 0.2) is 6.20 Å². The molecule has 0 aliphatic rings. The zero-order chi connectivity index (χ0) is 11.5. The van der Waals surface area contributed by atoms with Crippen molar-refractivity contribution >= 4 is 5.91 Å². The number of likely N-dealkylation sites (N-methyl/N-ethyl adjacent to an activating group) is 1. The first kappa shape index (κ1) is 11.6. The lowest BCUT2D eigenvalue weighted by molar-refractivity contribution is -0.862. The topological polar surface area (TPSA) is 59.8 Å². The van der Waals surface area contributed by atoms with Crippen molar-refractivity contribution in [1.82, 2.24) is 20.3 Å². The van der Waals surface area contributed by atoms with Gasteiger partial charge in [0, 0.05) is 13.2 Å². The molecule has 0 saturated carbocycles. The molecule has 6 heteroatoms. The average molecular weight is 212 g/mol. The van der Waals surface area contributed by atoms with E-state index >= 15 is 0 Å². The lowest BCUT2D eigenvalue weighted by atomic mass is 10.4. The van der Waals surface area contributed by atoms with Crippen LogP contribution in [0.3, 0.4) is 0 Å². The summed E-state index contributed by atoms with van der Waals surface area (Å²) in [7, 11) is 7.72.